The molecular weight excluding hydrogens is 198 g/mol. The molecule has 0 spiro atoms. The van der Waals surface area contributed by atoms with Crippen LogP contribution in [0.1, 0.15) is 5.69 Å². The van der Waals surface area contributed by atoms with Gasteiger partial charge in [0.15, 0.2) is 0 Å². The molecule has 0 unspecified atom stereocenters. The summed E-state index contributed by atoms with van der Waals surface area (Å²) in [5, 5.41) is 0.332. The van der Waals surface area contributed by atoms with Crippen LogP contribution in [0.3, 0.4) is 0 Å². The highest BCUT2D eigenvalue weighted by atomic mass is 35.5. The SMILES string of the molecule is [CH2]Cc1nc(-c2ccccc2)oc1Cl. The van der Waals surface area contributed by atoms with Crippen molar-refractivity contribution < 1.29 is 4.42 Å². The molecule has 0 saturated heterocycles. The third-order valence-corrected chi connectivity index (χ3v) is 2.20. The average molecular weight is 207 g/mol. The van der Waals surface area contributed by atoms with Gasteiger partial charge in [0.25, 0.3) is 0 Å². The fourth-order valence-corrected chi connectivity index (χ4v) is 1.40. The number of aromatic nitrogens is 1. The molecule has 0 aliphatic carbocycles. The summed E-state index contributed by atoms with van der Waals surface area (Å²) in [6, 6.07) is 9.65. The van der Waals surface area contributed by atoms with E-state index in [1.807, 2.05) is 30.3 Å². The van der Waals surface area contributed by atoms with E-state index in [0.29, 0.717) is 23.2 Å². The first-order valence-corrected chi connectivity index (χ1v) is 4.69. The van der Waals surface area contributed by atoms with E-state index in [9.17, 15) is 0 Å². The molecule has 0 aliphatic heterocycles. The zero-order valence-electron chi connectivity index (χ0n) is 7.53. The van der Waals surface area contributed by atoms with Crippen LogP contribution in [0, 0.1) is 6.92 Å². The van der Waals surface area contributed by atoms with Crippen molar-refractivity contribution in [2.45, 2.75) is 6.42 Å². The predicted octanol–water partition coefficient (Wildman–Crippen LogP) is 3.37. The number of halogens is 1. The Morgan fingerprint density at radius 2 is 2.00 bits per heavy atom. The first-order chi connectivity index (χ1) is 6.81. The van der Waals surface area contributed by atoms with Crippen LogP contribution in [0.5, 0.6) is 0 Å². The van der Waals surface area contributed by atoms with E-state index in [4.69, 9.17) is 16.0 Å². The van der Waals surface area contributed by atoms with Gasteiger partial charge in [-0.2, -0.15) is 0 Å². The van der Waals surface area contributed by atoms with E-state index in [2.05, 4.69) is 11.9 Å². The smallest absolute Gasteiger partial charge is 0.228 e. The molecule has 1 aromatic heterocycles. The minimum Gasteiger partial charge on any atom is -0.424 e. The van der Waals surface area contributed by atoms with Gasteiger partial charge in [0, 0.05) is 5.56 Å². The Kier molecular flexibility index (Phi) is 2.55. The standard InChI is InChI=1S/C11H9ClNO/c1-2-9-10(12)14-11(13-9)8-6-4-3-5-7-8/h3-7H,1-2H2. The molecule has 3 heteroatoms. The minimum atomic E-state index is 0.332. The number of nitrogens with zero attached hydrogens (tertiary/aromatic N) is 1. The van der Waals surface area contributed by atoms with Crippen molar-refractivity contribution in [3.63, 3.8) is 0 Å². The first-order valence-electron chi connectivity index (χ1n) is 4.31. The van der Waals surface area contributed by atoms with Gasteiger partial charge in [-0.15, -0.1) is 0 Å². The number of oxazole rings is 1. The summed E-state index contributed by atoms with van der Waals surface area (Å²) in [6.07, 6.45) is 0.537. The second kappa shape index (κ2) is 3.84. The van der Waals surface area contributed by atoms with Gasteiger partial charge in [0.05, 0.1) is 5.69 Å². The highest BCUT2D eigenvalue weighted by Crippen LogP contribution is 2.25. The topological polar surface area (TPSA) is 26.0 Å². The van der Waals surface area contributed by atoms with Crippen LogP contribution >= 0.6 is 11.6 Å². The van der Waals surface area contributed by atoms with Gasteiger partial charge in [-0.05, 0) is 37.1 Å². The number of benzene rings is 1. The molecule has 0 atom stereocenters. The second-order valence-corrected chi connectivity index (χ2v) is 3.20. The molecule has 0 bridgehead atoms. The monoisotopic (exact) mass is 206 g/mol. The maximum absolute atomic E-state index is 5.83. The van der Waals surface area contributed by atoms with Crippen molar-refractivity contribution in [3.05, 3.63) is 48.2 Å². The van der Waals surface area contributed by atoms with Gasteiger partial charge < -0.3 is 4.42 Å². The van der Waals surface area contributed by atoms with Gasteiger partial charge in [-0.3, -0.25) is 0 Å². The molecular formula is C11H9ClNO. The van der Waals surface area contributed by atoms with Gasteiger partial charge >= 0.3 is 0 Å². The summed E-state index contributed by atoms with van der Waals surface area (Å²) in [4.78, 5) is 4.24. The van der Waals surface area contributed by atoms with Crippen LogP contribution in [0.15, 0.2) is 34.7 Å². The van der Waals surface area contributed by atoms with Crippen LogP contribution in [-0.4, -0.2) is 4.98 Å². The Hall–Kier alpha value is -1.28. The molecule has 2 nitrogen and oxygen atoms in total. The van der Waals surface area contributed by atoms with E-state index in [1.165, 1.54) is 0 Å². The molecule has 1 aromatic carbocycles. The summed E-state index contributed by atoms with van der Waals surface area (Å²) < 4.78 is 5.31. The summed E-state index contributed by atoms with van der Waals surface area (Å²) in [5.74, 6) is 0.550. The summed E-state index contributed by atoms with van der Waals surface area (Å²) in [7, 11) is 0. The van der Waals surface area contributed by atoms with Crippen molar-refractivity contribution >= 4 is 11.6 Å². The molecule has 1 radical (unpaired) electrons. The number of hydrogen-bond donors (Lipinski definition) is 0. The second-order valence-electron chi connectivity index (χ2n) is 2.86. The van der Waals surface area contributed by atoms with Crippen LogP contribution in [0.4, 0.5) is 0 Å². The van der Waals surface area contributed by atoms with Gasteiger partial charge in [-0.1, -0.05) is 18.2 Å². The fourth-order valence-electron chi connectivity index (χ4n) is 1.19. The van der Waals surface area contributed by atoms with Gasteiger partial charge in [-0.25, -0.2) is 4.98 Å². The molecule has 0 aliphatic rings. The van der Waals surface area contributed by atoms with Crippen molar-refractivity contribution in [2.24, 2.45) is 0 Å². The van der Waals surface area contributed by atoms with Crippen LogP contribution in [0.2, 0.25) is 5.22 Å². The lowest BCUT2D eigenvalue weighted by Crippen LogP contribution is -1.81. The zero-order chi connectivity index (χ0) is 9.97. The van der Waals surface area contributed by atoms with E-state index < -0.39 is 0 Å². The normalized spacial score (nSPS) is 10.4. The Balaban J connectivity index is 2.43. The lowest BCUT2D eigenvalue weighted by Gasteiger charge is -1.91. The Morgan fingerprint density at radius 3 is 2.57 bits per heavy atom. The molecule has 14 heavy (non-hydrogen) atoms. The molecule has 2 rings (SSSR count). The molecule has 0 fully saturated rings. The van der Waals surface area contributed by atoms with E-state index in [0.717, 1.165) is 5.56 Å². The van der Waals surface area contributed by atoms with Crippen LogP contribution in [0.25, 0.3) is 11.5 Å². The third-order valence-electron chi connectivity index (χ3n) is 1.91. The maximum atomic E-state index is 5.83. The number of hydrogen-bond acceptors (Lipinski definition) is 2. The van der Waals surface area contributed by atoms with Crippen molar-refractivity contribution in [1.29, 1.82) is 0 Å². The Bertz CT molecular complexity index is 422. The molecule has 2 aromatic rings. The first kappa shape index (κ1) is 9.28. The minimum absolute atomic E-state index is 0.332. The van der Waals surface area contributed by atoms with Gasteiger partial charge in [0.2, 0.25) is 11.1 Å². The third kappa shape index (κ3) is 1.66. The van der Waals surface area contributed by atoms with Crippen LogP contribution in [-0.2, 0) is 6.42 Å². The van der Waals surface area contributed by atoms with E-state index >= 15 is 0 Å². The van der Waals surface area contributed by atoms with E-state index in [1.54, 1.807) is 0 Å². The predicted molar refractivity (Wildman–Crippen MR) is 56.0 cm³/mol. The average Bonchev–Trinajstić information content (AvgIpc) is 2.61. The molecule has 0 N–H and O–H groups in total. The summed E-state index contributed by atoms with van der Waals surface area (Å²) in [6.45, 7) is 3.72. The van der Waals surface area contributed by atoms with Crippen molar-refractivity contribution in [1.82, 2.24) is 4.98 Å². The quantitative estimate of drug-likeness (QED) is 0.753. The largest absolute Gasteiger partial charge is 0.424 e. The lowest BCUT2D eigenvalue weighted by atomic mass is 10.2. The summed E-state index contributed by atoms with van der Waals surface area (Å²) in [5.41, 5.74) is 1.62. The Morgan fingerprint density at radius 1 is 1.29 bits per heavy atom. The molecule has 0 amide bonds. The van der Waals surface area contributed by atoms with Gasteiger partial charge in [0.1, 0.15) is 0 Å². The van der Waals surface area contributed by atoms with Crippen molar-refractivity contribution in [3.8, 4) is 11.5 Å². The lowest BCUT2D eigenvalue weighted by molar-refractivity contribution is 0.575. The highest BCUT2D eigenvalue weighted by molar-refractivity contribution is 6.29. The molecule has 71 valence electrons. The zero-order valence-corrected chi connectivity index (χ0v) is 8.29. The number of rotatable bonds is 2. The molecule has 1 heterocycles. The Labute approximate surface area is 87.5 Å². The van der Waals surface area contributed by atoms with E-state index in [-0.39, 0.29) is 0 Å². The summed E-state index contributed by atoms with van der Waals surface area (Å²) >= 11 is 5.83. The highest BCUT2D eigenvalue weighted by Gasteiger charge is 2.10. The van der Waals surface area contributed by atoms with Crippen LogP contribution < -0.4 is 0 Å². The fraction of sp³-hybridized carbons (Fsp3) is 0.0909. The maximum Gasteiger partial charge on any atom is 0.228 e. The molecule has 0 saturated carbocycles. The van der Waals surface area contributed by atoms with Crippen molar-refractivity contribution in [2.75, 3.05) is 0 Å².